The SMILES string of the molecule is CC(=O)OCC1=C(C(=O)O)N2C(=O)C(NC(=O)C(=C(Cl)Cl)c3ccc(C)cc3)[C@@H]2SC1. The van der Waals surface area contributed by atoms with Crippen molar-refractivity contribution in [3.8, 4) is 0 Å². The Morgan fingerprint density at radius 3 is 2.45 bits per heavy atom. The van der Waals surface area contributed by atoms with Gasteiger partial charge in [-0.3, -0.25) is 19.3 Å². The standard InChI is InChI=1S/C20H18Cl2N2O6S/c1-9-3-5-11(6-4-9)13(16(21)22)17(26)23-14-18(27)24-15(20(28)29)12(7-30-10(2)25)8-31-19(14)24/h3-6,14,19H,7-8H2,1-2H3,(H,23,26)(H,28,29)/t14?,19-/m0/s1. The number of hydrogen-bond acceptors (Lipinski definition) is 6. The summed E-state index contributed by atoms with van der Waals surface area (Å²) in [6, 6.07) is 6.01. The van der Waals surface area contributed by atoms with Crippen LogP contribution in [0.3, 0.4) is 0 Å². The van der Waals surface area contributed by atoms with Gasteiger partial charge in [0.15, 0.2) is 0 Å². The van der Waals surface area contributed by atoms with E-state index in [2.05, 4.69) is 5.32 Å². The Labute approximate surface area is 192 Å². The molecule has 1 unspecified atom stereocenters. The van der Waals surface area contributed by atoms with Gasteiger partial charge in [-0.1, -0.05) is 53.0 Å². The number of ether oxygens (including phenoxy) is 1. The van der Waals surface area contributed by atoms with Crippen LogP contribution in [-0.2, 0) is 23.9 Å². The number of nitrogens with one attached hydrogen (secondary N) is 1. The van der Waals surface area contributed by atoms with Crippen molar-refractivity contribution in [2.75, 3.05) is 12.4 Å². The van der Waals surface area contributed by atoms with E-state index in [4.69, 9.17) is 27.9 Å². The van der Waals surface area contributed by atoms with Gasteiger partial charge in [0.25, 0.3) is 11.8 Å². The van der Waals surface area contributed by atoms with Crippen LogP contribution in [0.5, 0.6) is 0 Å². The summed E-state index contributed by atoms with van der Waals surface area (Å²) in [5, 5.41) is 11.6. The second kappa shape index (κ2) is 9.33. The summed E-state index contributed by atoms with van der Waals surface area (Å²) in [6.07, 6.45) is 0. The summed E-state index contributed by atoms with van der Waals surface area (Å²) >= 11 is 13.1. The number of thioether (sulfide) groups is 1. The van der Waals surface area contributed by atoms with Crippen molar-refractivity contribution in [2.45, 2.75) is 25.3 Å². The highest BCUT2D eigenvalue weighted by molar-refractivity contribution is 8.00. The fourth-order valence-corrected chi connectivity index (χ4v) is 4.96. The minimum absolute atomic E-state index is 0.0138. The molecule has 0 spiro atoms. The molecule has 2 heterocycles. The molecule has 1 saturated heterocycles. The molecule has 0 bridgehead atoms. The first kappa shape index (κ1) is 23.2. The molecule has 1 aromatic carbocycles. The fraction of sp³-hybridized carbons (Fsp3) is 0.300. The van der Waals surface area contributed by atoms with Gasteiger partial charge in [-0.05, 0) is 12.5 Å². The number of amides is 2. The first-order valence-corrected chi connectivity index (χ1v) is 10.9. The maximum atomic E-state index is 12.8. The van der Waals surface area contributed by atoms with Crippen molar-refractivity contribution < 1.29 is 29.0 Å². The third kappa shape index (κ3) is 4.73. The largest absolute Gasteiger partial charge is 0.477 e. The Morgan fingerprint density at radius 2 is 1.90 bits per heavy atom. The van der Waals surface area contributed by atoms with Gasteiger partial charge in [0.1, 0.15) is 28.2 Å². The highest BCUT2D eigenvalue weighted by Gasteiger charge is 2.54. The summed E-state index contributed by atoms with van der Waals surface area (Å²) in [6.45, 7) is 2.88. The first-order valence-electron chi connectivity index (χ1n) is 9.08. The van der Waals surface area contributed by atoms with E-state index in [-0.39, 0.29) is 28.1 Å². The normalized spacial score (nSPS) is 19.9. The van der Waals surface area contributed by atoms with Gasteiger partial charge in [-0.2, -0.15) is 0 Å². The molecule has 0 saturated carbocycles. The van der Waals surface area contributed by atoms with Gasteiger partial charge in [0.05, 0.1) is 5.57 Å². The van der Waals surface area contributed by atoms with Crippen molar-refractivity contribution in [1.29, 1.82) is 0 Å². The number of β-lactam (4-membered cyclic amide) rings is 1. The van der Waals surface area contributed by atoms with E-state index in [9.17, 15) is 24.3 Å². The molecule has 2 aliphatic rings. The predicted octanol–water partition coefficient (Wildman–Crippen LogP) is 2.44. The number of nitrogens with zero attached hydrogens (tertiary/aromatic N) is 1. The molecular formula is C20H18Cl2N2O6S. The topological polar surface area (TPSA) is 113 Å². The number of hydrogen-bond donors (Lipinski definition) is 2. The minimum atomic E-state index is -1.31. The number of fused-ring (bicyclic) bond motifs is 1. The molecule has 31 heavy (non-hydrogen) atoms. The van der Waals surface area contributed by atoms with E-state index in [1.807, 2.05) is 6.92 Å². The summed E-state index contributed by atoms with van der Waals surface area (Å²) in [7, 11) is 0. The minimum Gasteiger partial charge on any atom is -0.477 e. The molecule has 0 aliphatic carbocycles. The summed E-state index contributed by atoms with van der Waals surface area (Å²) in [5.41, 5.74) is 1.56. The van der Waals surface area contributed by atoms with Gasteiger partial charge < -0.3 is 15.2 Å². The Morgan fingerprint density at radius 1 is 1.26 bits per heavy atom. The molecule has 1 fully saturated rings. The van der Waals surface area contributed by atoms with E-state index in [1.165, 1.54) is 18.7 Å². The zero-order valence-electron chi connectivity index (χ0n) is 16.5. The number of carbonyl (C=O) groups is 4. The molecule has 11 heteroatoms. The van der Waals surface area contributed by atoms with Crippen LogP contribution < -0.4 is 5.32 Å². The number of esters is 1. The van der Waals surface area contributed by atoms with Crippen LogP contribution in [0, 0.1) is 6.92 Å². The lowest BCUT2D eigenvalue weighted by Crippen LogP contribution is -2.70. The van der Waals surface area contributed by atoms with E-state index in [1.54, 1.807) is 24.3 Å². The number of carbonyl (C=O) groups excluding carboxylic acids is 3. The van der Waals surface area contributed by atoms with Crippen molar-refractivity contribution >= 4 is 64.3 Å². The van der Waals surface area contributed by atoms with E-state index in [0.717, 1.165) is 10.5 Å². The van der Waals surface area contributed by atoms with E-state index in [0.29, 0.717) is 11.1 Å². The van der Waals surface area contributed by atoms with Gasteiger partial charge in [-0.15, -0.1) is 11.8 Å². The van der Waals surface area contributed by atoms with Crippen molar-refractivity contribution in [1.82, 2.24) is 10.2 Å². The van der Waals surface area contributed by atoms with Crippen LogP contribution in [0.25, 0.3) is 5.57 Å². The third-order valence-electron chi connectivity index (χ3n) is 4.74. The number of carboxylic acids is 1. The Kier molecular flexibility index (Phi) is 6.98. The number of carboxylic acid groups (broad SMARTS) is 1. The van der Waals surface area contributed by atoms with Crippen LogP contribution in [0.1, 0.15) is 18.1 Å². The molecule has 0 radical (unpaired) electrons. The zero-order valence-corrected chi connectivity index (χ0v) is 18.8. The first-order chi connectivity index (χ1) is 14.6. The molecule has 2 atom stereocenters. The molecule has 3 rings (SSSR count). The van der Waals surface area contributed by atoms with E-state index < -0.39 is 35.2 Å². The van der Waals surface area contributed by atoms with Crippen LogP contribution in [0.4, 0.5) is 0 Å². The molecule has 0 aromatic heterocycles. The predicted molar refractivity (Wildman–Crippen MR) is 116 cm³/mol. The lowest BCUT2D eigenvalue weighted by Gasteiger charge is -2.49. The smallest absolute Gasteiger partial charge is 0.352 e. The fourth-order valence-electron chi connectivity index (χ4n) is 3.24. The lowest BCUT2D eigenvalue weighted by molar-refractivity contribution is -0.150. The average molecular weight is 485 g/mol. The average Bonchev–Trinajstić information content (AvgIpc) is 2.70. The van der Waals surface area contributed by atoms with Crippen LogP contribution >= 0.6 is 35.0 Å². The number of aryl methyl sites for hydroxylation is 1. The van der Waals surface area contributed by atoms with Crippen molar-refractivity contribution in [3.63, 3.8) is 0 Å². The monoisotopic (exact) mass is 484 g/mol. The van der Waals surface area contributed by atoms with Crippen LogP contribution in [0.15, 0.2) is 40.0 Å². The second-order valence-corrected chi connectivity index (χ2v) is 8.95. The number of aliphatic carboxylic acids is 1. The lowest BCUT2D eigenvalue weighted by atomic mass is 10.0. The quantitative estimate of drug-likeness (QED) is 0.362. The zero-order chi connectivity index (χ0) is 22.9. The molecule has 2 amide bonds. The van der Waals surface area contributed by atoms with E-state index >= 15 is 0 Å². The highest BCUT2D eigenvalue weighted by Crippen LogP contribution is 2.40. The maximum Gasteiger partial charge on any atom is 0.352 e. The molecule has 1 aromatic rings. The van der Waals surface area contributed by atoms with Gasteiger partial charge in [-0.25, -0.2) is 4.79 Å². The molecule has 2 N–H and O–H groups in total. The number of rotatable bonds is 6. The van der Waals surface area contributed by atoms with Gasteiger partial charge in [0.2, 0.25) is 0 Å². The highest BCUT2D eigenvalue weighted by atomic mass is 35.5. The Bertz CT molecular complexity index is 1020. The summed E-state index contributed by atoms with van der Waals surface area (Å²) in [5.74, 6) is -2.87. The number of halogens is 2. The van der Waals surface area contributed by atoms with Gasteiger partial charge >= 0.3 is 11.9 Å². The Hall–Kier alpha value is -2.49. The van der Waals surface area contributed by atoms with Gasteiger partial charge in [0, 0.05) is 18.2 Å². The summed E-state index contributed by atoms with van der Waals surface area (Å²) in [4.78, 5) is 49.5. The van der Waals surface area contributed by atoms with Crippen molar-refractivity contribution in [3.05, 3.63) is 51.2 Å². The molecule has 164 valence electrons. The second-order valence-electron chi connectivity index (χ2n) is 6.90. The molecule has 8 nitrogen and oxygen atoms in total. The van der Waals surface area contributed by atoms with Crippen LogP contribution in [0.2, 0.25) is 0 Å². The Balaban J connectivity index is 1.80. The third-order valence-corrected chi connectivity index (χ3v) is 6.46. The maximum absolute atomic E-state index is 12.8. The van der Waals surface area contributed by atoms with Crippen LogP contribution in [-0.4, -0.2) is 57.5 Å². The summed E-state index contributed by atoms with van der Waals surface area (Å²) < 4.78 is 4.64. The molecular weight excluding hydrogens is 467 g/mol. The molecule has 2 aliphatic heterocycles. The van der Waals surface area contributed by atoms with Crippen molar-refractivity contribution in [2.24, 2.45) is 0 Å². The number of benzene rings is 1.